The van der Waals surface area contributed by atoms with E-state index in [0.717, 1.165) is 69.6 Å². The van der Waals surface area contributed by atoms with Crippen LogP contribution in [0.25, 0.3) is 0 Å². The molecule has 1 heterocycles. The molecule has 0 atom stereocenters. The molecule has 0 saturated carbocycles. The van der Waals surface area contributed by atoms with Gasteiger partial charge in [-0.15, -0.1) is 0 Å². The maximum Gasteiger partial charge on any atom is 0.191 e. The highest BCUT2D eigenvalue weighted by molar-refractivity contribution is 5.79. The average Bonchev–Trinajstić information content (AvgIpc) is 3.21. The van der Waals surface area contributed by atoms with E-state index in [1.165, 1.54) is 5.56 Å². The fourth-order valence-electron chi connectivity index (χ4n) is 2.66. The van der Waals surface area contributed by atoms with Crippen molar-refractivity contribution < 1.29 is 13.9 Å². The van der Waals surface area contributed by atoms with Gasteiger partial charge in [-0.2, -0.15) is 0 Å². The number of hydrogen-bond donors (Lipinski definition) is 2. The summed E-state index contributed by atoms with van der Waals surface area (Å²) in [6, 6.07) is 12.0. The van der Waals surface area contributed by atoms with Gasteiger partial charge in [-0.05, 0) is 43.5 Å². The number of methoxy groups -OCH3 is 1. The number of ether oxygens (including phenoxy) is 2. The van der Waals surface area contributed by atoms with Crippen LogP contribution in [0.15, 0.2) is 52.1 Å². The molecule has 2 N–H and O–H groups in total. The second kappa shape index (κ2) is 12.8. The van der Waals surface area contributed by atoms with Gasteiger partial charge in [0.25, 0.3) is 0 Å². The second-order valence-corrected chi connectivity index (χ2v) is 6.03. The summed E-state index contributed by atoms with van der Waals surface area (Å²) in [7, 11) is 1.70. The molecule has 0 saturated heterocycles. The molecule has 2 rings (SSSR count). The van der Waals surface area contributed by atoms with Crippen molar-refractivity contribution in [3.8, 4) is 5.75 Å². The van der Waals surface area contributed by atoms with Crippen molar-refractivity contribution in [1.82, 2.24) is 10.6 Å². The standard InChI is InChI=1S/C21H31N3O3/c1-3-26-16-7-13-22-21(24-15-12-19-9-6-17-27-19)23-14-11-18-8-4-5-10-20(18)25-2/h4-6,8-10,17H,3,7,11-16H2,1-2H3,(H2,22,23,24). The predicted octanol–water partition coefficient (Wildman–Crippen LogP) is 3.04. The lowest BCUT2D eigenvalue weighted by atomic mass is 10.1. The zero-order valence-corrected chi connectivity index (χ0v) is 16.4. The molecule has 0 aliphatic rings. The molecule has 2 aromatic rings. The van der Waals surface area contributed by atoms with Crippen LogP contribution >= 0.6 is 0 Å². The summed E-state index contributed by atoms with van der Waals surface area (Å²) in [5.74, 6) is 2.69. The Morgan fingerprint density at radius 2 is 1.89 bits per heavy atom. The maximum absolute atomic E-state index is 5.41. The van der Waals surface area contributed by atoms with E-state index in [-0.39, 0.29) is 0 Å². The zero-order valence-electron chi connectivity index (χ0n) is 16.4. The number of guanidine groups is 1. The highest BCUT2D eigenvalue weighted by Gasteiger charge is 2.04. The quantitative estimate of drug-likeness (QED) is 0.340. The van der Waals surface area contributed by atoms with Gasteiger partial charge in [0.2, 0.25) is 0 Å². The Kier molecular flexibility index (Phi) is 9.89. The zero-order chi connectivity index (χ0) is 19.2. The van der Waals surface area contributed by atoms with E-state index in [1.54, 1.807) is 13.4 Å². The average molecular weight is 373 g/mol. The number of hydrogen-bond acceptors (Lipinski definition) is 4. The highest BCUT2D eigenvalue weighted by atomic mass is 16.5. The summed E-state index contributed by atoms with van der Waals surface area (Å²) in [5, 5.41) is 6.77. The third-order valence-electron chi connectivity index (χ3n) is 4.04. The Morgan fingerprint density at radius 3 is 2.63 bits per heavy atom. The number of nitrogens with zero attached hydrogens (tertiary/aromatic N) is 1. The summed E-state index contributed by atoms with van der Waals surface area (Å²) in [6.45, 7) is 5.75. The first-order chi connectivity index (χ1) is 13.3. The molecule has 1 aromatic heterocycles. The summed E-state index contributed by atoms with van der Waals surface area (Å²) in [6.07, 6.45) is 4.29. The van der Waals surface area contributed by atoms with Crippen LogP contribution in [0.2, 0.25) is 0 Å². The summed E-state index contributed by atoms with van der Waals surface area (Å²) in [4.78, 5) is 4.64. The van der Waals surface area contributed by atoms with E-state index in [9.17, 15) is 0 Å². The van der Waals surface area contributed by atoms with Crippen molar-refractivity contribution >= 4 is 5.96 Å². The number of nitrogens with one attached hydrogen (secondary N) is 2. The Bertz CT molecular complexity index is 656. The third kappa shape index (κ3) is 8.17. The molecule has 0 spiro atoms. The molecule has 0 fully saturated rings. The van der Waals surface area contributed by atoms with Crippen molar-refractivity contribution in [2.24, 2.45) is 4.99 Å². The number of rotatable bonds is 12. The van der Waals surface area contributed by atoms with E-state index in [4.69, 9.17) is 13.9 Å². The number of furan rings is 1. The largest absolute Gasteiger partial charge is 0.496 e. The van der Waals surface area contributed by atoms with Crippen LogP contribution in [0.4, 0.5) is 0 Å². The summed E-state index contributed by atoms with van der Waals surface area (Å²) in [5.41, 5.74) is 1.18. The first kappa shape index (κ1) is 20.8. The first-order valence-corrected chi connectivity index (χ1v) is 9.57. The van der Waals surface area contributed by atoms with Crippen LogP contribution in [0.5, 0.6) is 5.75 Å². The summed E-state index contributed by atoms with van der Waals surface area (Å²) >= 11 is 0. The summed E-state index contributed by atoms with van der Waals surface area (Å²) < 4.78 is 16.2. The molecule has 27 heavy (non-hydrogen) atoms. The van der Waals surface area contributed by atoms with Crippen molar-refractivity contribution in [2.45, 2.75) is 26.2 Å². The molecule has 0 radical (unpaired) electrons. The molecule has 0 aliphatic heterocycles. The minimum atomic E-state index is 0.727. The van der Waals surface area contributed by atoms with E-state index < -0.39 is 0 Å². The SMILES string of the molecule is CCOCCCN=C(NCCc1ccco1)NCCc1ccccc1OC. The lowest BCUT2D eigenvalue weighted by molar-refractivity contribution is 0.146. The molecule has 148 valence electrons. The van der Waals surface area contributed by atoms with Crippen molar-refractivity contribution in [3.63, 3.8) is 0 Å². The Labute approximate surface area is 162 Å². The van der Waals surface area contributed by atoms with Gasteiger partial charge in [0, 0.05) is 39.3 Å². The third-order valence-corrected chi connectivity index (χ3v) is 4.04. The van der Waals surface area contributed by atoms with Gasteiger partial charge < -0.3 is 24.5 Å². The van der Waals surface area contributed by atoms with Gasteiger partial charge in [0.05, 0.1) is 13.4 Å². The van der Waals surface area contributed by atoms with Gasteiger partial charge in [-0.1, -0.05) is 18.2 Å². The topological polar surface area (TPSA) is 68.0 Å². The highest BCUT2D eigenvalue weighted by Crippen LogP contribution is 2.17. The van der Waals surface area contributed by atoms with Gasteiger partial charge in [0.15, 0.2) is 5.96 Å². The van der Waals surface area contributed by atoms with Gasteiger partial charge in [-0.3, -0.25) is 4.99 Å². The van der Waals surface area contributed by atoms with Crippen LogP contribution in [-0.4, -0.2) is 45.9 Å². The van der Waals surface area contributed by atoms with E-state index in [2.05, 4.69) is 21.7 Å². The van der Waals surface area contributed by atoms with Crippen molar-refractivity contribution in [1.29, 1.82) is 0 Å². The number of benzene rings is 1. The van der Waals surface area contributed by atoms with Crippen LogP contribution in [0.3, 0.4) is 0 Å². The first-order valence-electron chi connectivity index (χ1n) is 9.57. The van der Waals surface area contributed by atoms with Crippen LogP contribution < -0.4 is 15.4 Å². The fraction of sp³-hybridized carbons (Fsp3) is 0.476. The Hall–Kier alpha value is -2.47. The monoisotopic (exact) mass is 373 g/mol. The minimum absolute atomic E-state index is 0.727. The van der Waals surface area contributed by atoms with Crippen LogP contribution in [-0.2, 0) is 17.6 Å². The van der Waals surface area contributed by atoms with Gasteiger partial charge in [-0.25, -0.2) is 0 Å². The number of para-hydroxylation sites is 1. The van der Waals surface area contributed by atoms with Gasteiger partial charge in [0.1, 0.15) is 11.5 Å². The molecule has 0 bridgehead atoms. The molecule has 1 aromatic carbocycles. The van der Waals surface area contributed by atoms with Gasteiger partial charge >= 0.3 is 0 Å². The lowest BCUT2D eigenvalue weighted by Crippen LogP contribution is -2.39. The van der Waals surface area contributed by atoms with Crippen LogP contribution in [0.1, 0.15) is 24.7 Å². The maximum atomic E-state index is 5.41. The fourth-order valence-corrected chi connectivity index (χ4v) is 2.66. The van der Waals surface area contributed by atoms with E-state index in [0.29, 0.717) is 0 Å². The van der Waals surface area contributed by atoms with E-state index >= 15 is 0 Å². The molecular formula is C21H31N3O3. The predicted molar refractivity (Wildman–Crippen MR) is 109 cm³/mol. The molecule has 6 heteroatoms. The van der Waals surface area contributed by atoms with Crippen molar-refractivity contribution in [2.75, 3.05) is 40.0 Å². The Morgan fingerprint density at radius 1 is 1.07 bits per heavy atom. The molecule has 6 nitrogen and oxygen atoms in total. The molecule has 0 amide bonds. The normalized spacial score (nSPS) is 11.4. The second-order valence-electron chi connectivity index (χ2n) is 6.03. The van der Waals surface area contributed by atoms with Crippen LogP contribution in [0, 0.1) is 0 Å². The number of aliphatic imine (C=N–C) groups is 1. The molecule has 0 unspecified atom stereocenters. The molecule has 0 aliphatic carbocycles. The van der Waals surface area contributed by atoms with Crippen molar-refractivity contribution in [3.05, 3.63) is 54.0 Å². The molecular weight excluding hydrogens is 342 g/mol. The smallest absolute Gasteiger partial charge is 0.191 e. The minimum Gasteiger partial charge on any atom is -0.496 e. The van der Waals surface area contributed by atoms with E-state index in [1.807, 2.05) is 37.3 Å². The Balaban J connectivity index is 1.81. The lowest BCUT2D eigenvalue weighted by Gasteiger charge is -2.13.